The SMILES string of the molecule is CN1C(=O)C(O)(c2cc(F)cnc2OCc2ccccc2)c2ccc(Br)cc21. The van der Waals surface area contributed by atoms with Gasteiger partial charge in [-0.25, -0.2) is 9.37 Å². The Morgan fingerprint density at radius 2 is 1.93 bits per heavy atom. The van der Waals surface area contributed by atoms with Gasteiger partial charge in [-0.3, -0.25) is 4.79 Å². The van der Waals surface area contributed by atoms with Crippen LogP contribution in [0.2, 0.25) is 0 Å². The fourth-order valence-corrected chi connectivity index (χ4v) is 3.69. The summed E-state index contributed by atoms with van der Waals surface area (Å²) in [5, 5.41) is 11.5. The van der Waals surface area contributed by atoms with E-state index >= 15 is 0 Å². The third-order valence-electron chi connectivity index (χ3n) is 4.75. The molecule has 5 nitrogen and oxygen atoms in total. The standard InChI is InChI=1S/C21H16BrFN2O3/c1-25-18-9-14(22)7-8-16(18)21(27,20(25)26)17-10-15(23)11-24-19(17)28-12-13-5-3-2-4-6-13/h2-11,27H,12H2,1H3. The first-order valence-corrected chi connectivity index (χ1v) is 9.34. The van der Waals surface area contributed by atoms with Gasteiger partial charge in [0.15, 0.2) is 0 Å². The van der Waals surface area contributed by atoms with Crippen LogP contribution in [0.5, 0.6) is 5.88 Å². The maximum Gasteiger partial charge on any atom is 0.268 e. The Balaban J connectivity index is 1.80. The number of benzene rings is 2. The predicted octanol–water partition coefficient (Wildman–Crippen LogP) is 3.77. The van der Waals surface area contributed by atoms with Gasteiger partial charge in [-0.05, 0) is 23.8 Å². The molecule has 3 aromatic rings. The molecule has 0 spiro atoms. The quantitative estimate of drug-likeness (QED) is 0.667. The second-order valence-electron chi connectivity index (χ2n) is 6.52. The third kappa shape index (κ3) is 2.96. The summed E-state index contributed by atoms with van der Waals surface area (Å²) in [6.45, 7) is 0.166. The lowest BCUT2D eigenvalue weighted by Crippen LogP contribution is -2.40. The first-order chi connectivity index (χ1) is 13.4. The van der Waals surface area contributed by atoms with Gasteiger partial charge in [-0.2, -0.15) is 0 Å². The van der Waals surface area contributed by atoms with Crippen molar-refractivity contribution in [3.05, 3.63) is 87.8 Å². The Morgan fingerprint density at radius 1 is 1.18 bits per heavy atom. The van der Waals surface area contributed by atoms with Crippen molar-refractivity contribution >= 4 is 27.5 Å². The van der Waals surface area contributed by atoms with Gasteiger partial charge in [0.2, 0.25) is 11.5 Å². The van der Waals surface area contributed by atoms with Gasteiger partial charge in [0, 0.05) is 17.1 Å². The van der Waals surface area contributed by atoms with Crippen LogP contribution < -0.4 is 9.64 Å². The number of carbonyl (C=O) groups excluding carboxylic acids is 1. The fraction of sp³-hybridized carbons (Fsp3) is 0.143. The zero-order valence-corrected chi connectivity index (χ0v) is 16.5. The Kier molecular flexibility index (Phi) is 4.64. The number of rotatable bonds is 4. The molecule has 1 N–H and O–H groups in total. The Hall–Kier alpha value is -2.77. The summed E-state index contributed by atoms with van der Waals surface area (Å²) in [6.07, 6.45) is 0.999. The lowest BCUT2D eigenvalue weighted by molar-refractivity contribution is -0.132. The Bertz CT molecular complexity index is 1060. The Morgan fingerprint density at radius 3 is 2.68 bits per heavy atom. The molecule has 1 unspecified atom stereocenters. The van der Waals surface area contributed by atoms with Crippen LogP contribution in [0.1, 0.15) is 16.7 Å². The van der Waals surface area contributed by atoms with Crippen LogP contribution in [0.3, 0.4) is 0 Å². The molecule has 0 saturated heterocycles. The lowest BCUT2D eigenvalue weighted by atomic mass is 9.88. The van der Waals surface area contributed by atoms with Gasteiger partial charge in [0.1, 0.15) is 12.4 Å². The van der Waals surface area contributed by atoms with E-state index in [1.807, 2.05) is 30.3 Å². The van der Waals surface area contributed by atoms with Gasteiger partial charge < -0.3 is 14.7 Å². The molecular weight excluding hydrogens is 427 g/mol. The molecule has 0 saturated carbocycles. The minimum absolute atomic E-state index is 0.00488. The first kappa shape index (κ1) is 18.6. The van der Waals surface area contributed by atoms with Crippen molar-refractivity contribution in [1.29, 1.82) is 0 Å². The topological polar surface area (TPSA) is 62.7 Å². The molecule has 28 heavy (non-hydrogen) atoms. The molecule has 1 amide bonds. The molecule has 1 aliphatic heterocycles. The number of pyridine rings is 1. The van der Waals surface area contributed by atoms with Crippen LogP contribution in [-0.4, -0.2) is 23.0 Å². The van der Waals surface area contributed by atoms with Crippen LogP contribution >= 0.6 is 15.9 Å². The molecule has 4 rings (SSSR count). The number of ether oxygens (including phenoxy) is 1. The number of aliphatic hydroxyl groups is 1. The van der Waals surface area contributed by atoms with Gasteiger partial charge in [-0.15, -0.1) is 0 Å². The normalized spacial score (nSPS) is 18.3. The average Bonchev–Trinajstić information content (AvgIpc) is 2.89. The number of aromatic nitrogens is 1. The zero-order valence-electron chi connectivity index (χ0n) is 14.9. The van der Waals surface area contributed by atoms with E-state index in [1.165, 1.54) is 4.90 Å². The van der Waals surface area contributed by atoms with Crippen molar-refractivity contribution in [1.82, 2.24) is 4.98 Å². The molecule has 142 valence electrons. The van der Waals surface area contributed by atoms with Crippen LogP contribution in [0.15, 0.2) is 65.3 Å². The van der Waals surface area contributed by atoms with Crippen molar-refractivity contribution in [3.8, 4) is 5.88 Å². The molecule has 1 aliphatic rings. The zero-order chi connectivity index (χ0) is 19.9. The van der Waals surface area contributed by atoms with Gasteiger partial charge in [-0.1, -0.05) is 52.3 Å². The monoisotopic (exact) mass is 442 g/mol. The highest BCUT2D eigenvalue weighted by atomic mass is 79.9. The minimum atomic E-state index is -2.09. The molecule has 7 heteroatoms. The molecule has 0 aliphatic carbocycles. The van der Waals surface area contributed by atoms with Crippen molar-refractivity contribution in [2.75, 3.05) is 11.9 Å². The molecular formula is C21H16BrFN2O3. The number of halogens is 2. The van der Waals surface area contributed by atoms with Gasteiger partial charge in [0.05, 0.1) is 17.4 Å². The predicted molar refractivity (Wildman–Crippen MR) is 106 cm³/mol. The van der Waals surface area contributed by atoms with Crippen molar-refractivity contribution in [2.24, 2.45) is 0 Å². The third-order valence-corrected chi connectivity index (χ3v) is 5.24. The summed E-state index contributed by atoms with van der Waals surface area (Å²) in [5.41, 5.74) is -0.362. The van der Waals surface area contributed by atoms with E-state index in [0.29, 0.717) is 11.3 Å². The molecule has 1 atom stereocenters. The van der Waals surface area contributed by atoms with Gasteiger partial charge in [0.25, 0.3) is 5.91 Å². The highest BCUT2D eigenvalue weighted by molar-refractivity contribution is 9.10. The number of amides is 1. The number of fused-ring (bicyclic) bond motifs is 1. The second kappa shape index (κ2) is 7.00. The largest absolute Gasteiger partial charge is 0.472 e. The number of hydrogen-bond acceptors (Lipinski definition) is 4. The average molecular weight is 443 g/mol. The highest BCUT2D eigenvalue weighted by Crippen LogP contribution is 2.47. The number of anilines is 1. The van der Waals surface area contributed by atoms with E-state index in [-0.39, 0.29) is 18.1 Å². The molecule has 0 bridgehead atoms. The highest BCUT2D eigenvalue weighted by Gasteiger charge is 2.52. The summed E-state index contributed by atoms with van der Waals surface area (Å²) in [4.78, 5) is 18.3. The fourth-order valence-electron chi connectivity index (χ4n) is 3.34. The van der Waals surface area contributed by atoms with Crippen LogP contribution in [0.25, 0.3) is 0 Å². The lowest BCUT2D eigenvalue weighted by Gasteiger charge is -2.24. The maximum atomic E-state index is 14.0. The molecule has 0 radical (unpaired) electrons. The maximum absolute atomic E-state index is 14.0. The second-order valence-corrected chi connectivity index (χ2v) is 7.43. The van der Waals surface area contributed by atoms with Crippen LogP contribution in [0, 0.1) is 5.82 Å². The summed E-state index contributed by atoms with van der Waals surface area (Å²) in [7, 11) is 1.56. The summed E-state index contributed by atoms with van der Waals surface area (Å²) in [6, 6.07) is 15.5. The smallest absolute Gasteiger partial charge is 0.268 e. The van der Waals surface area contributed by atoms with E-state index in [2.05, 4.69) is 20.9 Å². The van der Waals surface area contributed by atoms with Crippen molar-refractivity contribution in [3.63, 3.8) is 0 Å². The number of carbonyl (C=O) groups is 1. The van der Waals surface area contributed by atoms with Crippen LogP contribution in [-0.2, 0) is 17.0 Å². The summed E-state index contributed by atoms with van der Waals surface area (Å²) < 4.78 is 20.6. The molecule has 2 aromatic carbocycles. The first-order valence-electron chi connectivity index (χ1n) is 8.54. The minimum Gasteiger partial charge on any atom is -0.472 e. The Labute approximate surface area is 169 Å². The number of likely N-dealkylation sites (N-methyl/N-ethyl adjacent to an activating group) is 1. The van der Waals surface area contributed by atoms with Crippen molar-refractivity contribution in [2.45, 2.75) is 12.2 Å². The summed E-state index contributed by atoms with van der Waals surface area (Å²) >= 11 is 3.37. The van der Waals surface area contributed by atoms with E-state index in [0.717, 1.165) is 22.3 Å². The van der Waals surface area contributed by atoms with E-state index in [4.69, 9.17) is 4.74 Å². The molecule has 2 heterocycles. The van der Waals surface area contributed by atoms with E-state index in [9.17, 15) is 14.3 Å². The van der Waals surface area contributed by atoms with E-state index < -0.39 is 17.3 Å². The summed E-state index contributed by atoms with van der Waals surface area (Å²) in [5.74, 6) is -1.26. The molecule has 0 fully saturated rings. The van der Waals surface area contributed by atoms with E-state index in [1.54, 1.807) is 25.2 Å². The molecule has 1 aromatic heterocycles. The van der Waals surface area contributed by atoms with Gasteiger partial charge >= 0.3 is 0 Å². The van der Waals surface area contributed by atoms with Crippen molar-refractivity contribution < 1.29 is 19.0 Å². The number of nitrogens with zero attached hydrogens (tertiary/aromatic N) is 2. The number of hydrogen-bond donors (Lipinski definition) is 1. The van der Waals surface area contributed by atoms with Crippen LogP contribution in [0.4, 0.5) is 10.1 Å².